The number of furan rings is 1. The van der Waals surface area contributed by atoms with E-state index in [1.54, 1.807) is 0 Å². The van der Waals surface area contributed by atoms with E-state index in [4.69, 9.17) is 4.42 Å². The monoisotopic (exact) mass is 1720 g/mol. The van der Waals surface area contributed by atoms with Crippen molar-refractivity contribution in [2.24, 2.45) is 0 Å². The quantitative estimate of drug-likeness (QED) is 0.0958. The predicted molar refractivity (Wildman–Crippen MR) is 571 cm³/mol. The van der Waals surface area contributed by atoms with Crippen molar-refractivity contribution in [2.45, 2.75) is 91.9 Å². The van der Waals surface area contributed by atoms with Crippen LogP contribution in [0.1, 0.15) is 103 Å². The first kappa shape index (κ1) is 81.5. The third-order valence-electron chi connectivity index (χ3n) is 28.5. The molecule has 0 amide bonds. The summed E-state index contributed by atoms with van der Waals surface area (Å²) in [5.41, 5.74) is 43.2. The molecule has 6 heteroatoms. The molecule has 0 aliphatic carbocycles. The Labute approximate surface area is 784 Å². The van der Waals surface area contributed by atoms with E-state index >= 15 is 0 Å². The molecule has 0 unspecified atom stereocenters. The summed E-state index contributed by atoms with van der Waals surface area (Å²) in [6.07, 6.45) is 0. The summed E-state index contributed by atoms with van der Waals surface area (Å²) in [5, 5.41) is 7.03. The van der Waals surface area contributed by atoms with Crippen molar-refractivity contribution in [3.63, 3.8) is 0 Å². The second-order valence-corrected chi connectivity index (χ2v) is 39.5. The van der Waals surface area contributed by atoms with E-state index in [9.17, 15) is 0 Å². The molecule has 0 radical (unpaired) electrons. The van der Waals surface area contributed by atoms with Crippen LogP contribution in [0, 0.1) is 0 Å². The van der Waals surface area contributed by atoms with Gasteiger partial charge in [-0.1, -0.05) is 348 Å². The number of rotatable bonds is 15. The van der Waals surface area contributed by atoms with Crippen LogP contribution in [0.4, 0.5) is 34.1 Å². The van der Waals surface area contributed by atoms with E-state index in [2.05, 4.69) is 507 Å². The van der Waals surface area contributed by atoms with Crippen molar-refractivity contribution in [1.82, 2.24) is 9.13 Å². The molecule has 642 valence electrons. The first-order chi connectivity index (χ1) is 65.3. The smallest absolute Gasteiger partial charge is 0.252 e. The standard InChI is InChI=1S/C128H101BN4O/c1-80(2)86-55-62-116-109(69-86)102-49-23-26-52-114(102)130(116)100-58-60-112-118(78-100)132(125-105(84-37-19-13-20-38-84)74-98(127(5,6)7)76-107(125)95-47-31-45-92(67-95)90-43-29-41-88(65-90)82-33-15-11-16-34-82)120-72-97(94-57-64-123-111(71-94)104-51-25-28-54-122(104)134-123)73-121-124(120)129(112)113-61-59-101(131-115-53-27-24-50-103(115)110-70-87(81(3)4)56-63-117(110)131)79-119(113)133(121)126-106(85-39-21-14-22-40-85)75-99(128(8,9)10)77-108(126)96-48-32-46-93(68-96)91-44-30-42-89(66-91)83-35-17-12-18-36-83/h11-81H,1-10H3. The van der Waals surface area contributed by atoms with E-state index in [-0.39, 0.29) is 17.5 Å². The van der Waals surface area contributed by atoms with Gasteiger partial charge >= 0.3 is 0 Å². The lowest BCUT2D eigenvalue weighted by atomic mass is 9.33. The van der Waals surface area contributed by atoms with E-state index in [0.29, 0.717) is 11.8 Å². The van der Waals surface area contributed by atoms with Gasteiger partial charge in [-0.25, -0.2) is 0 Å². The lowest BCUT2D eigenvalue weighted by Gasteiger charge is -2.46. The number of hydrogen-bond donors (Lipinski definition) is 0. The molecule has 0 bridgehead atoms. The highest BCUT2D eigenvalue weighted by Gasteiger charge is 2.47. The second kappa shape index (κ2) is 32.1. The second-order valence-electron chi connectivity index (χ2n) is 39.5. The summed E-state index contributed by atoms with van der Waals surface area (Å²) in [6.45, 7) is 23.1. The Morgan fingerprint density at radius 1 is 0.231 bits per heavy atom. The predicted octanol–water partition coefficient (Wildman–Crippen LogP) is 33.7. The summed E-state index contributed by atoms with van der Waals surface area (Å²) >= 11 is 0. The lowest BCUT2D eigenvalue weighted by Crippen LogP contribution is -2.61. The molecule has 134 heavy (non-hydrogen) atoms. The van der Waals surface area contributed by atoms with E-state index < -0.39 is 0 Å². The maximum atomic E-state index is 6.85. The fourth-order valence-electron chi connectivity index (χ4n) is 21.5. The largest absolute Gasteiger partial charge is 0.456 e. The van der Waals surface area contributed by atoms with Gasteiger partial charge in [0.05, 0.1) is 33.4 Å². The van der Waals surface area contributed by atoms with Gasteiger partial charge in [0.2, 0.25) is 0 Å². The van der Waals surface area contributed by atoms with Gasteiger partial charge in [-0.15, -0.1) is 0 Å². The lowest BCUT2D eigenvalue weighted by molar-refractivity contribution is 0.590. The minimum Gasteiger partial charge on any atom is -0.456 e. The summed E-state index contributed by atoms with van der Waals surface area (Å²) < 4.78 is 11.9. The van der Waals surface area contributed by atoms with E-state index in [1.165, 1.54) is 82.4 Å². The van der Waals surface area contributed by atoms with Crippen LogP contribution in [0.25, 0.3) is 177 Å². The van der Waals surface area contributed by atoms with Gasteiger partial charge in [-0.3, -0.25) is 0 Å². The van der Waals surface area contributed by atoms with Gasteiger partial charge in [-0.05, 0) is 279 Å². The molecule has 0 fully saturated rings. The third-order valence-corrected chi connectivity index (χ3v) is 28.5. The highest BCUT2D eigenvalue weighted by atomic mass is 16.3. The van der Waals surface area contributed by atoms with Crippen LogP contribution in [0.15, 0.2) is 423 Å². The number of para-hydroxylation sites is 3. The minimum absolute atomic E-state index is 0.306. The molecule has 2 aliphatic rings. The molecule has 19 aromatic carbocycles. The SMILES string of the molecule is CC(C)c1ccc2c(c1)c1ccccc1n2-c1ccc2c(c1)N(c1c(-c3ccccc3)cc(C(C)(C)C)cc1-c1cccc(-c3cccc(-c4ccccc4)c3)c1)c1cc(-c3ccc4oc5ccccc5c4c3)cc3c1B2c1ccc(-n2c4ccccc4c4cc(C(C)C)ccc42)cc1N3c1c(-c2ccccc2)cc(C(C)(C)C)cc1-c1cccc(-c2cccc(-c3ccccc3)c2)c1. The molecule has 0 atom stereocenters. The van der Waals surface area contributed by atoms with Crippen molar-refractivity contribution >= 4 is 123 Å². The fourth-order valence-corrected chi connectivity index (χ4v) is 21.5. The molecule has 0 spiro atoms. The van der Waals surface area contributed by atoms with Gasteiger partial charge in [0.1, 0.15) is 11.2 Å². The number of hydrogen-bond acceptors (Lipinski definition) is 3. The van der Waals surface area contributed by atoms with Gasteiger partial charge in [-0.2, -0.15) is 0 Å². The summed E-state index contributed by atoms with van der Waals surface area (Å²) in [5.74, 6) is 0.661. The molecule has 3 aromatic heterocycles. The Kier molecular flexibility index (Phi) is 19.5. The number of benzene rings is 19. The van der Waals surface area contributed by atoms with Crippen LogP contribution < -0.4 is 26.2 Å². The molecule has 5 nitrogen and oxygen atoms in total. The Morgan fingerprint density at radius 2 is 0.567 bits per heavy atom. The summed E-state index contributed by atoms with van der Waals surface area (Å²) in [4.78, 5) is 5.52. The molecule has 22 aromatic rings. The maximum Gasteiger partial charge on any atom is 0.252 e. The molecule has 0 N–H and O–H groups in total. The average Bonchev–Trinajstić information content (AvgIpc) is 0.902. The number of nitrogens with zero attached hydrogens (tertiary/aromatic N) is 4. The van der Waals surface area contributed by atoms with Crippen LogP contribution in [0.5, 0.6) is 0 Å². The average molecular weight is 1720 g/mol. The first-order valence-corrected chi connectivity index (χ1v) is 47.4. The summed E-state index contributed by atoms with van der Waals surface area (Å²) in [7, 11) is 0. The number of fused-ring (bicyclic) bond motifs is 13. The molecule has 2 aliphatic heterocycles. The van der Waals surface area contributed by atoms with Crippen molar-refractivity contribution in [2.75, 3.05) is 9.80 Å². The van der Waals surface area contributed by atoms with Crippen molar-refractivity contribution < 1.29 is 4.42 Å². The molecule has 24 rings (SSSR count). The van der Waals surface area contributed by atoms with Gasteiger partial charge in [0.15, 0.2) is 0 Å². The topological polar surface area (TPSA) is 29.5 Å². The van der Waals surface area contributed by atoms with E-state index in [1.807, 2.05) is 0 Å². The molecule has 0 saturated heterocycles. The van der Waals surface area contributed by atoms with Gasteiger partial charge in [0.25, 0.3) is 6.71 Å². The highest BCUT2D eigenvalue weighted by molar-refractivity contribution is 7.00. The van der Waals surface area contributed by atoms with Gasteiger partial charge < -0.3 is 23.4 Å². The fraction of sp³-hybridized carbons (Fsp3) is 0.109. The minimum atomic E-state index is -0.371. The molecule has 0 saturated carbocycles. The van der Waals surface area contributed by atoms with E-state index in [0.717, 1.165) is 167 Å². The van der Waals surface area contributed by atoms with Gasteiger partial charge in [0, 0.05) is 88.7 Å². The van der Waals surface area contributed by atoms with Crippen LogP contribution in [-0.4, -0.2) is 15.8 Å². The Balaban J connectivity index is 0.876. The third kappa shape index (κ3) is 13.8. The zero-order valence-corrected chi connectivity index (χ0v) is 77.3. The maximum absolute atomic E-state index is 6.85. The Morgan fingerprint density at radius 3 is 0.985 bits per heavy atom. The first-order valence-electron chi connectivity index (χ1n) is 47.4. The van der Waals surface area contributed by atoms with Crippen LogP contribution >= 0.6 is 0 Å². The number of aromatic nitrogens is 2. The molecular formula is C128H101BN4O. The van der Waals surface area contributed by atoms with Crippen molar-refractivity contribution in [1.29, 1.82) is 0 Å². The Hall–Kier alpha value is -15.8. The normalized spacial score (nSPS) is 12.6. The zero-order chi connectivity index (χ0) is 90.5. The molecule has 5 heterocycles. The van der Waals surface area contributed by atoms with Crippen molar-refractivity contribution in [3.8, 4) is 112 Å². The van der Waals surface area contributed by atoms with Crippen molar-refractivity contribution in [3.05, 3.63) is 441 Å². The summed E-state index contributed by atoms with van der Waals surface area (Å²) in [6, 6.07) is 160. The number of anilines is 6. The van der Waals surface area contributed by atoms with Crippen LogP contribution in [0.2, 0.25) is 0 Å². The van der Waals surface area contributed by atoms with Crippen LogP contribution in [0.3, 0.4) is 0 Å². The molecular weight excluding hydrogens is 1620 g/mol. The zero-order valence-electron chi connectivity index (χ0n) is 77.3. The van der Waals surface area contributed by atoms with Crippen LogP contribution in [-0.2, 0) is 10.8 Å². The Bertz CT molecular complexity index is 8030. The highest BCUT2D eigenvalue weighted by Crippen LogP contribution is 2.57.